The molecule has 0 aliphatic heterocycles. The predicted molar refractivity (Wildman–Crippen MR) is 117 cm³/mol. The average Bonchev–Trinajstić information content (AvgIpc) is 3.43. The lowest BCUT2D eigenvalue weighted by Crippen LogP contribution is -2.38. The quantitative estimate of drug-likeness (QED) is 0.601. The highest BCUT2D eigenvalue weighted by molar-refractivity contribution is 5.95. The minimum absolute atomic E-state index is 0.135. The standard InChI is InChI=1S/C25H27F2N3O2/c1-14-11-22(32-13-18-19(26)7-4-8-20(18)27)24-28-15(2)23(30(24)12-14)25(31)29-21-10-9-16-5-3-6-17(16)21/h4,7-8,11-12,16-17,21H,3,5-6,9-10,13H2,1-2H3,(H,29,31). The van der Waals surface area contributed by atoms with E-state index < -0.39 is 11.6 Å². The van der Waals surface area contributed by atoms with Crippen molar-refractivity contribution < 1.29 is 18.3 Å². The van der Waals surface area contributed by atoms with Gasteiger partial charge in [0.25, 0.3) is 5.91 Å². The summed E-state index contributed by atoms with van der Waals surface area (Å²) in [5, 5.41) is 3.26. The third-order valence-corrected chi connectivity index (χ3v) is 7.05. The van der Waals surface area contributed by atoms with E-state index in [4.69, 9.17) is 4.74 Å². The number of benzene rings is 1. The molecule has 5 rings (SSSR count). The van der Waals surface area contributed by atoms with Crippen molar-refractivity contribution in [2.24, 2.45) is 11.8 Å². The number of nitrogens with one attached hydrogen (secondary N) is 1. The highest BCUT2D eigenvalue weighted by atomic mass is 19.1. The van der Waals surface area contributed by atoms with Gasteiger partial charge in [0.1, 0.15) is 23.9 Å². The fourth-order valence-electron chi connectivity index (χ4n) is 5.54. The van der Waals surface area contributed by atoms with E-state index in [9.17, 15) is 13.6 Å². The van der Waals surface area contributed by atoms with E-state index in [1.807, 2.05) is 13.1 Å². The average molecular weight is 440 g/mol. The van der Waals surface area contributed by atoms with Crippen LogP contribution in [-0.2, 0) is 6.61 Å². The maximum Gasteiger partial charge on any atom is 0.270 e. The number of carbonyl (C=O) groups excluding carboxylic acids is 1. The minimum Gasteiger partial charge on any atom is -0.485 e. The molecule has 2 fully saturated rings. The molecule has 2 saturated carbocycles. The molecule has 5 nitrogen and oxygen atoms in total. The maximum absolute atomic E-state index is 14.0. The molecule has 0 saturated heterocycles. The molecule has 168 valence electrons. The van der Waals surface area contributed by atoms with Gasteiger partial charge in [-0.3, -0.25) is 9.20 Å². The van der Waals surface area contributed by atoms with Crippen molar-refractivity contribution in [3.8, 4) is 5.75 Å². The Kier molecular flexibility index (Phi) is 5.35. The maximum atomic E-state index is 14.0. The lowest BCUT2D eigenvalue weighted by Gasteiger charge is -2.20. The highest BCUT2D eigenvalue weighted by Crippen LogP contribution is 2.44. The Balaban J connectivity index is 1.43. The fourth-order valence-corrected chi connectivity index (χ4v) is 5.54. The number of amides is 1. The topological polar surface area (TPSA) is 55.6 Å². The van der Waals surface area contributed by atoms with Gasteiger partial charge in [0, 0.05) is 12.2 Å². The molecule has 0 bridgehead atoms. The number of hydrogen-bond acceptors (Lipinski definition) is 3. The van der Waals surface area contributed by atoms with Gasteiger partial charge >= 0.3 is 0 Å². The van der Waals surface area contributed by atoms with E-state index in [2.05, 4.69) is 10.3 Å². The summed E-state index contributed by atoms with van der Waals surface area (Å²) in [5.41, 5.74) is 2.24. The van der Waals surface area contributed by atoms with Crippen molar-refractivity contribution in [3.05, 3.63) is 64.6 Å². The summed E-state index contributed by atoms with van der Waals surface area (Å²) < 4.78 is 35.5. The van der Waals surface area contributed by atoms with Crippen molar-refractivity contribution in [2.75, 3.05) is 0 Å². The predicted octanol–water partition coefficient (Wildman–Crippen LogP) is 5.12. The molecular formula is C25H27F2N3O2. The minimum atomic E-state index is -0.657. The first-order chi connectivity index (χ1) is 15.4. The van der Waals surface area contributed by atoms with Crippen molar-refractivity contribution in [1.29, 1.82) is 0 Å². The summed E-state index contributed by atoms with van der Waals surface area (Å²) in [6.07, 6.45) is 7.76. The molecule has 1 amide bonds. The van der Waals surface area contributed by atoms with Gasteiger partial charge in [-0.25, -0.2) is 13.8 Å². The zero-order chi connectivity index (χ0) is 22.4. The lowest BCUT2D eigenvalue weighted by molar-refractivity contribution is 0.0919. The van der Waals surface area contributed by atoms with Gasteiger partial charge < -0.3 is 10.1 Å². The van der Waals surface area contributed by atoms with Crippen LogP contribution >= 0.6 is 0 Å². The van der Waals surface area contributed by atoms with Crippen molar-refractivity contribution in [2.45, 2.75) is 58.6 Å². The van der Waals surface area contributed by atoms with Gasteiger partial charge in [-0.15, -0.1) is 0 Å². The molecule has 0 radical (unpaired) electrons. The first-order valence-corrected chi connectivity index (χ1v) is 11.3. The smallest absolute Gasteiger partial charge is 0.270 e. The summed E-state index contributed by atoms with van der Waals surface area (Å²) in [7, 11) is 0. The Morgan fingerprint density at radius 3 is 2.75 bits per heavy atom. The molecule has 3 aromatic rings. The number of imidazole rings is 1. The summed E-state index contributed by atoms with van der Waals surface area (Å²) in [5.74, 6) is 0.250. The number of carbonyl (C=O) groups is 1. The Labute approximate surface area is 185 Å². The fraction of sp³-hybridized carbons (Fsp3) is 0.440. The molecule has 1 aromatic carbocycles. The van der Waals surface area contributed by atoms with Gasteiger partial charge in [-0.2, -0.15) is 0 Å². The molecule has 3 unspecified atom stereocenters. The number of fused-ring (bicyclic) bond motifs is 2. The van der Waals surface area contributed by atoms with Gasteiger partial charge in [-0.1, -0.05) is 18.9 Å². The van der Waals surface area contributed by atoms with Crippen LogP contribution in [0.3, 0.4) is 0 Å². The Bertz CT molecular complexity index is 1170. The van der Waals surface area contributed by atoms with E-state index in [1.54, 1.807) is 17.4 Å². The normalized spacial score (nSPS) is 22.3. The second-order valence-corrected chi connectivity index (χ2v) is 9.12. The summed E-state index contributed by atoms with van der Waals surface area (Å²) in [6.45, 7) is 3.41. The van der Waals surface area contributed by atoms with E-state index in [0.29, 0.717) is 28.7 Å². The van der Waals surface area contributed by atoms with Crippen LogP contribution in [0.2, 0.25) is 0 Å². The number of aromatic nitrogens is 2. The Morgan fingerprint density at radius 1 is 1.19 bits per heavy atom. The monoisotopic (exact) mass is 439 g/mol. The second kappa shape index (κ2) is 8.19. The number of nitrogens with zero attached hydrogens (tertiary/aromatic N) is 2. The van der Waals surface area contributed by atoms with Crippen molar-refractivity contribution >= 4 is 11.6 Å². The second-order valence-electron chi connectivity index (χ2n) is 9.12. The first-order valence-electron chi connectivity index (χ1n) is 11.3. The van der Waals surface area contributed by atoms with E-state index in [1.165, 1.54) is 43.9 Å². The van der Waals surface area contributed by atoms with E-state index >= 15 is 0 Å². The molecule has 2 aliphatic rings. The van der Waals surface area contributed by atoms with Crippen molar-refractivity contribution in [1.82, 2.24) is 14.7 Å². The van der Waals surface area contributed by atoms with Gasteiger partial charge in [-0.05, 0) is 68.7 Å². The van der Waals surface area contributed by atoms with Gasteiger partial charge in [0.2, 0.25) is 0 Å². The van der Waals surface area contributed by atoms with Crippen LogP contribution in [0, 0.1) is 37.3 Å². The summed E-state index contributed by atoms with van der Waals surface area (Å²) in [6, 6.07) is 5.70. The Hall–Kier alpha value is -2.96. The molecule has 2 heterocycles. The largest absolute Gasteiger partial charge is 0.485 e. The van der Waals surface area contributed by atoms with Crippen LogP contribution < -0.4 is 10.1 Å². The number of hydrogen-bond donors (Lipinski definition) is 1. The first kappa shape index (κ1) is 20.9. The zero-order valence-corrected chi connectivity index (χ0v) is 18.3. The number of pyridine rings is 1. The van der Waals surface area contributed by atoms with Crippen LogP contribution in [0.4, 0.5) is 8.78 Å². The Morgan fingerprint density at radius 2 is 1.97 bits per heavy atom. The number of rotatable bonds is 5. The third-order valence-electron chi connectivity index (χ3n) is 7.05. The van der Waals surface area contributed by atoms with Crippen molar-refractivity contribution in [3.63, 3.8) is 0 Å². The molecule has 2 aliphatic carbocycles. The van der Waals surface area contributed by atoms with E-state index in [-0.39, 0.29) is 24.1 Å². The van der Waals surface area contributed by atoms with E-state index in [0.717, 1.165) is 17.9 Å². The summed E-state index contributed by atoms with van der Waals surface area (Å²) >= 11 is 0. The van der Waals surface area contributed by atoms with Gasteiger partial charge in [0.05, 0.1) is 11.3 Å². The SMILES string of the molecule is Cc1cc(OCc2c(F)cccc2F)c2nc(C)c(C(=O)NC3CCC4CCCC43)n2c1. The van der Waals surface area contributed by atoms with Crippen LogP contribution in [0.1, 0.15) is 59.4 Å². The molecule has 7 heteroatoms. The number of halogens is 2. The highest BCUT2D eigenvalue weighted by Gasteiger charge is 2.40. The third kappa shape index (κ3) is 3.63. The molecule has 32 heavy (non-hydrogen) atoms. The van der Waals surface area contributed by atoms with Crippen LogP contribution in [0.15, 0.2) is 30.5 Å². The van der Waals surface area contributed by atoms with Crippen LogP contribution in [0.25, 0.3) is 5.65 Å². The van der Waals surface area contributed by atoms with Crippen LogP contribution in [-0.4, -0.2) is 21.3 Å². The molecular weight excluding hydrogens is 412 g/mol. The number of aryl methyl sites for hydroxylation is 2. The number of ether oxygens (including phenoxy) is 1. The molecule has 0 spiro atoms. The summed E-state index contributed by atoms with van der Waals surface area (Å²) in [4.78, 5) is 17.8. The van der Waals surface area contributed by atoms with Crippen LogP contribution in [0.5, 0.6) is 5.75 Å². The zero-order valence-electron chi connectivity index (χ0n) is 18.3. The lowest BCUT2D eigenvalue weighted by atomic mass is 9.97. The molecule has 2 aromatic heterocycles. The molecule has 3 atom stereocenters. The molecule has 1 N–H and O–H groups in total. The van der Waals surface area contributed by atoms with Gasteiger partial charge in [0.15, 0.2) is 11.4 Å².